The number of rotatable bonds is 11. The minimum atomic E-state index is -1.80. The summed E-state index contributed by atoms with van der Waals surface area (Å²) >= 11 is 1.48. The Morgan fingerprint density at radius 1 is 1.11 bits per heavy atom. The Labute approximate surface area is 221 Å². The molecule has 0 amide bonds. The number of aromatic nitrogens is 2. The number of Topliss-reactive ketones (excluding diaryl/α,β-unsaturated/α-hetero) is 1. The molecule has 3 rings (SSSR count). The van der Waals surface area contributed by atoms with Crippen molar-refractivity contribution in [2.45, 2.75) is 102 Å². The van der Waals surface area contributed by atoms with Gasteiger partial charge < -0.3 is 9.16 Å². The van der Waals surface area contributed by atoms with Gasteiger partial charge in [-0.1, -0.05) is 63.9 Å². The lowest BCUT2D eigenvalue weighted by Crippen LogP contribution is -2.41. The van der Waals surface area contributed by atoms with Crippen LogP contribution in [0.25, 0.3) is 11.3 Å². The topological polar surface area (TPSA) is 70.4 Å². The zero-order valence-electron chi connectivity index (χ0n) is 22.8. The molecule has 0 bridgehead atoms. The van der Waals surface area contributed by atoms with E-state index in [1.807, 2.05) is 18.2 Å². The summed E-state index contributed by atoms with van der Waals surface area (Å²) in [4.78, 5) is 25.1. The quantitative estimate of drug-likeness (QED) is 0.0742. The van der Waals surface area contributed by atoms with Gasteiger partial charge in [0, 0.05) is 24.8 Å². The lowest BCUT2D eigenvalue weighted by Gasteiger charge is -2.36. The Morgan fingerprint density at radius 2 is 1.78 bits per heavy atom. The van der Waals surface area contributed by atoms with Gasteiger partial charge in [-0.3, -0.25) is 14.3 Å². The van der Waals surface area contributed by atoms with Crippen molar-refractivity contribution >= 4 is 31.8 Å². The monoisotopic (exact) mass is 530 g/mol. The molecule has 0 N–H and O–H groups in total. The van der Waals surface area contributed by atoms with Crippen LogP contribution in [0.2, 0.25) is 18.1 Å². The van der Waals surface area contributed by atoms with E-state index in [-0.39, 0.29) is 16.8 Å². The van der Waals surface area contributed by atoms with Gasteiger partial charge in [0.15, 0.2) is 14.1 Å². The second-order valence-electron chi connectivity index (χ2n) is 11.2. The van der Waals surface area contributed by atoms with Gasteiger partial charge >= 0.3 is 5.97 Å². The van der Waals surface area contributed by atoms with Gasteiger partial charge in [0.25, 0.3) is 0 Å². The van der Waals surface area contributed by atoms with Crippen molar-refractivity contribution < 1.29 is 18.8 Å². The number of thioether (sulfide) groups is 1. The maximum absolute atomic E-state index is 13.1. The molecule has 0 saturated heterocycles. The molecule has 1 aliphatic rings. The number of ether oxygens (including phenoxy) is 1. The molecule has 8 heteroatoms. The van der Waals surface area contributed by atoms with Crippen LogP contribution >= 0.6 is 11.8 Å². The van der Waals surface area contributed by atoms with Crippen molar-refractivity contribution in [1.82, 2.24) is 9.78 Å². The average molecular weight is 531 g/mol. The number of nitrogens with zero attached hydrogens (tertiary/aromatic N) is 2. The number of benzene rings is 1. The molecule has 1 saturated carbocycles. The number of esters is 1. The number of hydrogen-bond acceptors (Lipinski definition) is 6. The van der Waals surface area contributed by atoms with Crippen LogP contribution < -0.4 is 0 Å². The maximum atomic E-state index is 13.1. The van der Waals surface area contributed by atoms with E-state index < -0.39 is 8.32 Å². The molecule has 1 aromatic carbocycles. The predicted molar refractivity (Wildman–Crippen MR) is 149 cm³/mol. The second kappa shape index (κ2) is 12.6. The summed E-state index contributed by atoms with van der Waals surface area (Å²) in [6.07, 6.45) is 7.01. The second-order valence-corrected chi connectivity index (χ2v) is 17.0. The fourth-order valence-electron chi connectivity index (χ4n) is 4.16. The zero-order chi connectivity index (χ0) is 26.3. The van der Waals surface area contributed by atoms with E-state index in [1.165, 1.54) is 37.9 Å². The predicted octanol–water partition coefficient (Wildman–Crippen LogP) is 7.65. The van der Waals surface area contributed by atoms with Crippen molar-refractivity contribution in [1.29, 1.82) is 0 Å². The first-order valence-electron chi connectivity index (χ1n) is 13.1. The van der Waals surface area contributed by atoms with E-state index in [1.54, 1.807) is 0 Å². The molecular weight excluding hydrogens is 488 g/mol. The van der Waals surface area contributed by atoms with Crippen LogP contribution in [0.3, 0.4) is 0 Å². The highest BCUT2D eigenvalue weighted by Crippen LogP contribution is 2.37. The van der Waals surface area contributed by atoms with Crippen LogP contribution in [0.1, 0.15) is 89.2 Å². The molecule has 1 aliphatic carbocycles. The Bertz CT molecular complexity index is 1020. The Morgan fingerprint density at radius 3 is 2.39 bits per heavy atom. The number of carbonyl (C=O) groups excluding carboxylic acids is 2. The fourth-order valence-corrected chi connectivity index (χ4v) is 5.93. The van der Waals surface area contributed by atoms with Crippen LogP contribution in [0, 0.1) is 0 Å². The molecule has 0 radical (unpaired) electrons. The van der Waals surface area contributed by atoms with Gasteiger partial charge in [-0.2, -0.15) is 5.10 Å². The third kappa shape index (κ3) is 7.80. The highest BCUT2D eigenvalue weighted by atomic mass is 32.2. The zero-order valence-corrected chi connectivity index (χ0v) is 24.6. The molecular formula is C28H42N2O4SSi. The minimum Gasteiger partial charge on any atom is -0.454 e. The van der Waals surface area contributed by atoms with Crippen molar-refractivity contribution in [2.24, 2.45) is 0 Å². The molecule has 0 unspecified atom stereocenters. The number of ketones is 1. The number of hydrogen-bond donors (Lipinski definition) is 0. The summed E-state index contributed by atoms with van der Waals surface area (Å²) < 4.78 is 13.4. The van der Waals surface area contributed by atoms with Crippen LogP contribution in [-0.2, 0) is 14.0 Å². The first kappa shape index (κ1) is 28.7. The molecule has 1 heterocycles. The van der Waals surface area contributed by atoms with Crippen LogP contribution in [0.5, 0.6) is 0 Å². The van der Waals surface area contributed by atoms with E-state index in [0.29, 0.717) is 37.1 Å². The third-order valence-electron chi connectivity index (χ3n) is 7.40. The van der Waals surface area contributed by atoms with Crippen molar-refractivity contribution in [3.8, 4) is 11.3 Å². The van der Waals surface area contributed by atoms with Crippen LogP contribution in [0.4, 0.5) is 0 Å². The fraction of sp³-hybridized carbons (Fsp3) is 0.607. The van der Waals surface area contributed by atoms with E-state index in [4.69, 9.17) is 14.3 Å². The van der Waals surface area contributed by atoms with Gasteiger partial charge in [0.05, 0.1) is 11.7 Å². The smallest absolute Gasteiger partial charge is 0.303 e. The third-order valence-corrected chi connectivity index (χ3v) is 12.8. The van der Waals surface area contributed by atoms with Gasteiger partial charge in [0.2, 0.25) is 0 Å². The average Bonchev–Trinajstić information content (AvgIpc) is 3.27. The first-order valence-corrected chi connectivity index (χ1v) is 17.0. The molecule has 1 aromatic heterocycles. The van der Waals surface area contributed by atoms with E-state index in [9.17, 15) is 9.59 Å². The summed E-state index contributed by atoms with van der Waals surface area (Å²) in [6, 6.07) is 10.5. The van der Waals surface area contributed by atoms with Crippen LogP contribution in [-0.4, -0.2) is 42.4 Å². The lowest BCUT2D eigenvalue weighted by molar-refractivity contribution is -0.138. The first-order chi connectivity index (χ1) is 17.0. The minimum absolute atomic E-state index is 0.0817. The standard InChI is InChI=1S/C28H42N2O4SSi/c1-21(31)33-20-35-24-16-14-22(15-17-24)26-19-25(29-30(26)23-11-8-7-9-12-23)27(32)13-10-18-34-36(5,6)28(2,3)4/h14-17,19,23H,7-13,18,20H2,1-6H3. The molecule has 6 nitrogen and oxygen atoms in total. The van der Waals surface area contributed by atoms with Crippen molar-refractivity contribution in [2.75, 3.05) is 12.5 Å². The van der Waals surface area contributed by atoms with Crippen molar-refractivity contribution in [3.63, 3.8) is 0 Å². The maximum Gasteiger partial charge on any atom is 0.303 e. The molecule has 36 heavy (non-hydrogen) atoms. The molecule has 198 valence electrons. The highest BCUT2D eigenvalue weighted by molar-refractivity contribution is 7.99. The Balaban J connectivity index is 1.71. The summed E-state index contributed by atoms with van der Waals surface area (Å²) in [5, 5.41) is 5.01. The Kier molecular flexibility index (Phi) is 10.0. The highest BCUT2D eigenvalue weighted by Gasteiger charge is 2.36. The lowest BCUT2D eigenvalue weighted by atomic mass is 9.95. The van der Waals surface area contributed by atoms with Crippen molar-refractivity contribution in [3.05, 3.63) is 36.0 Å². The Hall–Kier alpha value is -1.90. The normalized spacial score (nSPS) is 15.2. The summed E-state index contributed by atoms with van der Waals surface area (Å²) in [6.45, 7) is 13.2. The molecule has 0 aliphatic heterocycles. The molecule has 1 fully saturated rings. The molecule has 0 atom stereocenters. The van der Waals surface area contributed by atoms with E-state index in [2.05, 4.69) is 50.7 Å². The SMILES string of the molecule is CC(=O)OCSc1ccc(-c2cc(C(=O)CCCO[Si](C)(C)C(C)(C)C)nn2C2CCCCC2)cc1. The van der Waals surface area contributed by atoms with Crippen LogP contribution in [0.15, 0.2) is 35.2 Å². The number of carbonyl (C=O) groups is 2. The molecule has 0 spiro atoms. The summed E-state index contributed by atoms with van der Waals surface area (Å²) in [5.41, 5.74) is 2.60. The summed E-state index contributed by atoms with van der Waals surface area (Å²) in [5.74, 6) is 0.101. The molecule has 2 aromatic rings. The van der Waals surface area contributed by atoms with Gasteiger partial charge in [-0.05, 0) is 61.2 Å². The largest absolute Gasteiger partial charge is 0.454 e. The van der Waals surface area contributed by atoms with Gasteiger partial charge in [-0.25, -0.2) is 0 Å². The van der Waals surface area contributed by atoms with E-state index in [0.717, 1.165) is 29.0 Å². The summed E-state index contributed by atoms with van der Waals surface area (Å²) in [7, 11) is -1.80. The van der Waals surface area contributed by atoms with Gasteiger partial charge in [0.1, 0.15) is 11.6 Å². The van der Waals surface area contributed by atoms with E-state index >= 15 is 0 Å². The van der Waals surface area contributed by atoms with Gasteiger partial charge in [-0.15, -0.1) is 0 Å².